The zero-order chi connectivity index (χ0) is 64.1. The molecule has 0 spiro atoms. The Balaban J connectivity index is 0.916. The Hall–Kier alpha value is -9.59. The number of thiophene rings is 2. The fraction of sp³-hybridized carbons (Fsp3) is 0.163. The van der Waals surface area contributed by atoms with Crippen molar-refractivity contribution in [3.63, 3.8) is 0 Å². The Morgan fingerprint density at radius 1 is 0.330 bits per heavy atom. The molecule has 8 heteroatoms. The molecule has 94 heavy (non-hydrogen) atoms. The largest absolute Gasteiger partial charge is 0.421 e. The molecule has 6 heterocycles. The molecule has 4 aliphatic heterocycles. The molecule has 0 bridgehead atoms. The minimum absolute atomic E-state index is 0.0334. The lowest BCUT2D eigenvalue weighted by atomic mass is 9.33. The normalized spacial score (nSPS) is 13.8. The second-order valence-electron chi connectivity index (χ2n) is 29.2. The minimum atomic E-state index is -0.156. The number of nitrogens with zero attached hydrogens (tertiary/aromatic N) is 4. The Labute approximate surface area is 561 Å². The third-order valence-electron chi connectivity index (χ3n) is 21.0. The molecule has 0 saturated heterocycles. The SMILES string of the molecule is Cc1cc2c3c(c1)N(c1c(C)cc(-c4cccc5c4sc4ccccc45)cc1C)c1cc4c(cc1B3c1ccc(C(C)(C)C)cc1N2c1c(C)cc(-c2cccc3c2sc2ccccc23)cc1C)N1B(c2c(C)cc(C(C)(C)C)cc2-c2ccccc21)N4c1ccccc1. The van der Waals surface area contributed by atoms with Crippen molar-refractivity contribution in [1.82, 2.24) is 0 Å². The van der Waals surface area contributed by atoms with Gasteiger partial charge in [0, 0.05) is 80.0 Å². The Kier molecular flexibility index (Phi) is 12.4. The van der Waals surface area contributed by atoms with Crippen molar-refractivity contribution < 1.29 is 0 Å². The van der Waals surface area contributed by atoms with Gasteiger partial charge < -0.3 is 19.4 Å². The van der Waals surface area contributed by atoms with Crippen LogP contribution in [0.1, 0.15) is 86.1 Å². The number of rotatable bonds is 5. The van der Waals surface area contributed by atoms with E-state index in [1.165, 1.54) is 197 Å². The van der Waals surface area contributed by atoms with E-state index in [2.05, 4.69) is 321 Å². The molecule has 0 amide bonds. The van der Waals surface area contributed by atoms with Gasteiger partial charge >= 0.3 is 6.98 Å². The highest BCUT2D eigenvalue weighted by atomic mass is 32.1. The van der Waals surface area contributed by atoms with Gasteiger partial charge in [0.05, 0.1) is 22.7 Å². The van der Waals surface area contributed by atoms with Crippen LogP contribution < -0.4 is 41.3 Å². The molecule has 0 radical (unpaired) electrons. The van der Waals surface area contributed by atoms with Gasteiger partial charge in [-0.1, -0.05) is 181 Å². The molecule has 2 aromatic heterocycles. The molecule has 4 aliphatic rings. The number of aryl methyl sites for hydroxylation is 6. The second-order valence-corrected chi connectivity index (χ2v) is 31.3. The van der Waals surface area contributed by atoms with Crippen LogP contribution in [-0.2, 0) is 10.8 Å². The molecular formula is C86H72B2N4S2. The van der Waals surface area contributed by atoms with Crippen LogP contribution in [0, 0.1) is 41.5 Å². The van der Waals surface area contributed by atoms with Crippen LogP contribution in [0.4, 0.5) is 56.9 Å². The lowest BCUT2D eigenvalue weighted by Gasteiger charge is -2.46. The number of anilines is 10. The molecular weight excluding hydrogens is 1170 g/mol. The summed E-state index contributed by atoms with van der Waals surface area (Å²) in [5.41, 5.74) is 35.1. The number of hydrogen-bond donors (Lipinski definition) is 0. The van der Waals surface area contributed by atoms with E-state index >= 15 is 0 Å². The van der Waals surface area contributed by atoms with Crippen molar-refractivity contribution >= 4 is 155 Å². The summed E-state index contributed by atoms with van der Waals surface area (Å²) in [6, 6.07) is 84.6. The van der Waals surface area contributed by atoms with Crippen molar-refractivity contribution in [2.45, 2.75) is 93.9 Å². The van der Waals surface area contributed by atoms with Gasteiger partial charge in [-0.2, -0.15) is 0 Å². The summed E-state index contributed by atoms with van der Waals surface area (Å²) in [7, 11) is 0. The molecule has 0 unspecified atom stereocenters. The van der Waals surface area contributed by atoms with E-state index in [9.17, 15) is 0 Å². The van der Waals surface area contributed by atoms with Crippen LogP contribution in [0.2, 0.25) is 0 Å². The lowest BCUT2D eigenvalue weighted by Crippen LogP contribution is -2.61. The van der Waals surface area contributed by atoms with E-state index < -0.39 is 0 Å². The van der Waals surface area contributed by atoms with Crippen LogP contribution in [0.15, 0.2) is 218 Å². The number of para-hydroxylation sites is 2. The molecule has 14 aromatic rings. The molecule has 0 aliphatic carbocycles. The standard InChI is InChI=1S/C86H72B2N4S2/c1-49-38-75-80-76(39-49)90(82-53(5)42-56(43-54(82)6)61-30-23-32-66-64-28-18-21-35-78(64)94-84(61)66)72-48-74-73(92-70-33-19-16-26-62(70)67-45-58(86(10,11)12)44-50(2)79(67)88(92)91(74)59-24-14-13-15-25-59)47-69(72)87(80)68-37-36-57(85(7,8)9)46-71(68)89(75)81-51(3)40-55(41-52(81)4)60-29-22-31-65-63-27-17-20-34-77(63)93-83(60)65/h13-48H,1-12H3. The van der Waals surface area contributed by atoms with Gasteiger partial charge in [-0.15, -0.1) is 22.7 Å². The van der Waals surface area contributed by atoms with Crippen LogP contribution in [0.5, 0.6) is 0 Å². The third kappa shape index (κ3) is 8.31. The Bertz CT molecular complexity index is 5560. The van der Waals surface area contributed by atoms with E-state index in [0.717, 1.165) is 0 Å². The van der Waals surface area contributed by atoms with Gasteiger partial charge in [-0.05, 0) is 226 Å². The average Bonchev–Trinajstić information content (AvgIpc) is 1.12. The quantitative estimate of drug-likeness (QED) is 0.159. The summed E-state index contributed by atoms with van der Waals surface area (Å²) in [4.78, 5) is 10.8. The fourth-order valence-corrected chi connectivity index (χ4v) is 19.3. The van der Waals surface area contributed by atoms with Crippen LogP contribution >= 0.6 is 22.7 Å². The second kappa shape index (κ2) is 20.5. The van der Waals surface area contributed by atoms with Crippen molar-refractivity contribution in [2.24, 2.45) is 0 Å². The van der Waals surface area contributed by atoms with Gasteiger partial charge in [0.15, 0.2) is 0 Å². The summed E-state index contributed by atoms with van der Waals surface area (Å²) in [6.45, 7) is 28.0. The number of fused-ring (bicyclic) bond motifs is 18. The van der Waals surface area contributed by atoms with E-state index in [0.29, 0.717) is 0 Å². The van der Waals surface area contributed by atoms with E-state index in [1.54, 1.807) is 0 Å². The highest BCUT2D eigenvalue weighted by Gasteiger charge is 2.52. The van der Waals surface area contributed by atoms with Crippen molar-refractivity contribution in [1.29, 1.82) is 0 Å². The van der Waals surface area contributed by atoms with E-state index in [4.69, 9.17) is 0 Å². The maximum atomic E-state index is 2.71. The minimum Gasteiger partial charge on any atom is -0.360 e. The van der Waals surface area contributed by atoms with Gasteiger partial charge in [0.1, 0.15) is 0 Å². The summed E-state index contributed by atoms with van der Waals surface area (Å²) in [5.74, 6) is 0. The fourth-order valence-electron chi connectivity index (χ4n) is 16.8. The Morgan fingerprint density at radius 3 is 1.40 bits per heavy atom. The van der Waals surface area contributed by atoms with Gasteiger partial charge in [-0.25, -0.2) is 0 Å². The topological polar surface area (TPSA) is 13.0 Å². The first-order chi connectivity index (χ1) is 45.4. The first-order valence-corrected chi connectivity index (χ1v) is 35.0. The van der Waals surface area contributed by atoms with Gasteiger partial charge in [-0.3, -0.25) is 0 Å². The molecule has 0 N–H and O–H groups in total. The number of hydrogen-bond acceptors (Lipinski definition) is 6. The maximum Gasteiger partial charge on any atom is 0.421 e. The first kappa shape index (κ1) is 57.1. The van der Waals surface area contributed by atoms with Gasteiger partial charge in [0.2, 0.25) is 0 Å². The van der Waals surface area contributed by atoms with Crippen molar-refractivity contribution in [3.05, 3.63) is 263 Å². The van der Waals surface area contributed by atoms with Crippen LogP contribution in [-0.4, -0.2) is 13.7 Å². The molecule has 0 saturated carbocycles. The molecule has 454 valence electrons. The predicted octanol–water partition coefficient (Wildman–Crippen LogP) is 22.0. The summed E-state index contributed by atoms with van der Waals surface area (Å²) < 4.78 is 5.31. The first-order valence-electron chi connectivity index (χ1n) is 33.4. The predicted molar refractivity (Wildman–Crippen MR) is 411 cm³/mol. The van der Waals surface area contributed by atoms with Crippen molar-refractivity contribution in [2.75, 3.05) is 19.4 Å². The number of benzene rings is 12. The molecule has 0 atom stereocenters. The van der Waals surface area contributed by atoms with Gasteiger partial charge in [0.25, 0.3) is 6.71 Å². The highest BCUT2D eigenvalue weighted by Crippen LogP contribution is 2.56. The monoisotopic (exact) mass is 1250 g/mol. The maximum absolute atomic E-state index is 2.71. The molecule has 18 rings (SSSR count). The average molecular weight is 1250 g/mol. The zero-order valence-corrected chi connectivity index (χ0v) is 57.2. The Morgan fingerprint density at radius 2 is 0.830 bits per heavy atom. The third-order valence-corrected chi connectivity index (χ3v) is 23.5. The lowest BCUT2D eigenvalue weighted by molar-refractivity contribution is 0.590. The van der Waals surface area contributed by atoms with E-state index in [1.807, 2.05) is 22.7 Å². The summed E-state index contributed by atoms with van der Waals surface area (Å²) >= 11 is 3.81. The smallest absolute Gasteiger partial charge is 0.360 e. The summed E-state index contributed by atoms with van der Waals surface area (Å²) in [5, 5.41) is 5.28. The summed E-state index contributed by atoms with van der Waals surface area (Å²) in [6.07, 6.45) is 0. The molecule has 12 aromatic carbocycles. The zero-order valence-electron chi connectivity index (χ0n) is 55.5. The molecule has 4 nitrogen and oxygen atoms in total. The molecule has 0 fully saturated rings. The van der Waals surface area contributed by atoms with Crippen LogP contribution in [0.25, 0.3) is 73.7 Å². The van der Waals surface area contributed by atoms with Crippen LogP contribution in [0.3, 0.4) is 0 Å². The van der Waals surface area contributed by atoms with Crippen molar-refractivity contribution in [3.8, 4) is 33.4 Å². The highest BCUT2D eigenvalue weighted by molar-refractivity contribution is 7.26. The van der Waals surface area contributed by atoms with E-state index in [-0.39, 0.29) is 24.5 Å².